The zero-order chi connectivity index (χ0) is 30.4. The zero-order valence-electron chi connectivity index (χ0n) is 25.0. The van der Waals surface area contributed by atoms with E-state index in [1.165, 1.54) is 13.0 Å². The van der Waals surface area contributed by atoms with E-state index in [4.69, 9.17) is 23.4 Å². The lowest BCUT2D eigenvalue weighted by molar-refractivity contribution is -0.300. The lowest BCUT2D eigenvalue weighted by Crippen LogP contribution is -2.81. The average Bonchev–Trinajstić information content (AvgIpc) is 3.18. The van der Waals surface area contributed by atoms with Crippen LogP contribution in [0.5, 0.6) is 0 Å². The maximum Gasteiger partial charge on any atom is 0.308 e. The summed E-state index contributed by atoms with van der Waals surface area (Å²) in [6.07, 6.45) is 4.12. The van der Waals surface area contributed by atoms with Crippen molar-refractivity contribution in [2.24, 2.45) is 39.4 Å². The van der Waals surface area contributed by atoms with E-state index >= 15 is 4.79 Å². The molecule has 3 heterocycles. The Kier molecular flexibility index (Phi) is 5.34. The van der Waals surface area contributed by atoms with Crippen LogP contribution in [-0.2, 0) is 38.1 Å². The molecule has 0 aromatic carbocycles. The van der Waals surface area contributed by atoms with Crippen molar-refractivity contribution in [3.63, 3.8) is 0 Å². The second-order valence-corrected chi connectivity index (χ2v) is 14.4. The minimum absolute atomic E-state index is 0.133. The van der Waals surface area contributed by atoms with E-state index in [2.05, 4.69) is 0 Å². The zero-order valence-corrected chi connectivity index (χ0v) is 25.0. The first-order chi connectivity index (χ1) is 19.6. The lowest BCUT2D eigenvalue weighted by atomic mass is 9.35. The fourth-order valence-corrected chi connectivity index (χ4v) is 10.7. The number of esters is 2. The van der Waals surface area contributed by atoms with Gasteiger partial charge in [-0.2, -0.15) is 0 Å². The average molecular weight is 583 g/mol. The van der Waals surface area contributed by atoms with Crippen LogP contribution in [0, 0.1) is 39.4 Å². The molecule has 3 saturated carbocycles. The summed E-state index contributed by atoms with van der Waals surface area (Å²) in [5.41, 5.74) is -5.20. The van der Waals surface area contributed by atoms with Gasteiger partial charge >= 0.3 is 11.9 Å². The molecule has 10 nitrogen and oxygen atoms in total. The number of allylic oxidation sites excluding steroid dienone is 2. The molecule has 1 unspecified atom stereocenters. The molecule has 0 radical (unpaired) electrons. The highest BCUT2D eigenvalue weighted by Crippen LogP contribution is 2.83. The third kappa shape index (κ3) is 2.74. The quantitative estimate of drug-likeness (QED) is 0.416. The van der Waals surface area contributed by atoms with Crippen LogP contribution in [0.4, 0.5) is 0 Å². The number of Topliss-reactive ketones (excluding diaryl/α,β-unsaturated/α-hetero) is 1. The fraction of sp³-hybridized carbons (Fsp3) is 0.688. The largest absolute Gasteiger partial charge is 0.472 e. The predicted molar refractivity (Wildman–Crippen MR) is 143 cm³/mol. The molecular weight excluding hydrogens is 544 g/mol. The number of ketones is 2. The van der Waals surface area contributed by atoms with E-state index in [0.717, 1.165) is 5.56 Å². The Labute approximate surface area is 244 Å². The Morgan fingerprint density at radius 1 is 1.14 bits per heavy atom. The number of carbonyl (C=O) groups excluding carboxylic acids is 4. The highest BCUT2D eigenvalue weighted by atomic mass is 16.7. The summed E-state index contributed by atoms with van der Waals surface area (Å²) < 4.78 is 30.5. The van der Waals surface area contributed by atoms with Crippen LogP contribution in [0.1, 0.15) is 66.4 Å². The normalized spacial score (nSPS) is 51.5. The van der Waals surface area contributed by atoms with Crippen molar-refractivity contribution in [1.82, 2.24) is 0 Å². The molecule has 1 aromatic rings. The van der Waals surface area contributed by atoms with Gasteiger partial charge in [-0.1, -0.05) is 33.8 Å². The van der Waals surface area contributed by atoms with E-state index in [0.29, 0.717) is 6.42 Å². The summed E-state index contributed by atoms with van der Waals surface area (Å²) in [5.74, 6) is -6.57. The van der Waals surface area contributed by atoms with Gasteiger partial charge in [-0.15, -0.1) is 0 Å². The lowest BCUT2D eigenvalue weighted by Gasteiger charge is -2.68. The molecule has 2 aliphatic heterocycles. The molecule has 226 valence electrons. The highest BCUT2D eigenvalue weighted by molar-refractivity contribution is 6.02. The number of hydrogen-bond donors (Lipinski definition) is 1. The predicted octanol–water partition coefficient (Wildman–Crippen LogP) is 3.12. The number of ether oxygens (including phenoxy) is 4. The van der Waals surface area contributed by atoms with Gasteiger partial charge in [0, 0.05) is 29.6 Å². The van der Waals surface area contributed by atoms with E-state index in [-0.39, 0.29) is 18.3 Å². The maximum atomic E-state index is 15.3. The summed E-state index contributed by atoms with van der Waals surface area (Å²) in [5, 5.41) is 12.6. The molecular formula is C32H38O10. The molecule has 7 rings (SSSR count). The summed E-state index contributed by atoms with van der Waals surface area (Å²) in [6.45, 7) is 11.8. The minimum atomic E-state index is -2.07. The third-order valence-corrected chi connectivity index (χ3v) is 12.1. The first kappa shape index (κ1) is 28.0. The Balaban J connectivity index is 1.51. The van der Waals surface area contributed by atoms with Crippen molar-refractivity contribution >= 4 is 23.5 Å². The second-order valence-electron chi connectivity index (χ2n) is 14.4. The Morgan fingerprint density at radius 3 is 2.48 bits per heavy atom. The van der Waals surface area contributed by atoms with Gasteiger partial charge in [0.2, 0.25) is 5.78 Å². The number of hydrogen-bond acceptors (Lipinski definition) is 10. The number of epoxide rings is 1. The monoisotopic (exact) mass is 582 g/mol. The van der Waals surface area contributed by atoms with Crippen LogP contribution < -0.4 is 0 Å². The van der Waals surface area contributed by atoms with Crippen LogP contribution in [0.3, 0.4) is 0 Å². The number of carbonyl (C=O) groups is 4. The van der Waals surface area contributed by atoms with Gasteiger partial charge in [0.25, 0.3) is 5.79 Å². The second kappa shape index (κ2) is 8.01. The fourth-order valence-electron chi connectivity index (χ4n) is 10.7. The highest BCUT2D eigenvalue weighted by Gasteiger charge is 2.94. The van der Waals surface area contributed by atoms with Crippen molar-refractivity contribution in [3.8, 4) is 0 Å². The molecule has 6 aliphatic rings. The topological polar surface area (TPSA) is 142 Å². The number of aliphatic hydroxyl groups excluding tert-OH is 1. The number of aliphatic hydroxyl groups is 1. The van der Waals surface area contributed by atoms with Crippen LogP contribution in [0.2, 0.25) is 0 Å². The molecule has 1 spiro atoms. The molecule has 42 heavy (non-hydrogen) atoms. The minimum Gasteiger partial charge on any atom is -0.472 e. The molecule has 1 aromatic heterocycles. The number of furan rings is 1. The number of fused-ring (bicyclic) bond motifs is 2. The molecule has 4 aliphatic carbocycles. The molecule has 5 fully saturated rings. The smallest absolute Gasteiger partial charge is 0.308 e. The Hall–Kier alpha value is -2.82. The van der Waals surface area contributed by atoms with Gasteiger partial charge < -0.3 is 28.5 Å². The summed E-state index contributed by atoms with van der Waals surface area (Å²) >= 11 is 0. The Morgan fingerprint density at radius 2 is 1.86 bits per heavy atom. The van der Waals surface area contributed by atoms with Crippen molar-refractivity contribution in [3.05, 3.63) is 36.3 Å². The Bertz CT molecular complexity index is 1450. The SMILES string of the molecule is CC(=O)O[C@@]12OC[C@@]3(C)C(=O)C=C[C@](C)(C4[C@@H](O)[C@H](OC(=O)C(C)C)[C@@]5(C)[C@H](c6ccoc6)C[C@H]6O[C@]65[C@]4(C)C1=O)[C@@H]23. The van der Waals surface area contributed by atoms with Crippen molar-refractivity contribution < 1.29 is 47.6 Å². The first-order valence-corrected chi connectivity index (χ1v) is 14.8. The van der Waals surface area contributed by atoms with Gasteiger partial charge in [-0.3, -0.25) is 19.2 Å². The molecule has 0 bridgehead atoms. The van der Waals surface area contributed by atoms with Gasteiger partial charge in [0.1, 0.15) is 11.7 Å². The van der Waals surface area contributed by atoms with Crippen molar-refractivity contribution in [1.29, 1.82) is 0 Å². The molecule has 10 heteroatoms. The van der Waals surface area contributed by atoms with Crippen LogP contribution >= 0.6 is 0 Å². The number of rotatable bonds is 4. The van der Waals surface area contributed by atoms with E-state index in [1.54, 1.807) is 46.3 Å². The van der Waals surface area contributed by atoms with Gasteiger partial charge in [-0.25, -0.2) is 0 Å². The van der Waals surface area contributed by atoms with Crippen molar-refractivity contribution in [2.45, 2.75) is 90.5 Å². The summed E-state index contributed by atoms with van der Waals surface area (Å²) in [4.78, 5) is 54.6. The molecule has 2 saturated heterocycles. The van der Waals surface area contributed by atoms with E-state index in [1.807, 2.05) is 19.9 Å². The van der Waals surface area contributed by atoms with Gasteiger partial charge in [0.15, 0.2) is 5.78 Å². The first-order valence-electron chi connectivity index (χ1n) is 14.8. The molecule has 12 atom stereocenters. The van der Waals surface area contributed by atoms with E-state index < -0.39 is 86.8 Å². The molecule has 1 N–H and O–H groups in total. The van der Waals surface area contributed by atoms with Gasteiger partial charge in [0.05, 0.1) is 54.0 Å². The standard InChI is InChI=1S/C32H38O10/c1-15(2)24(36)40-23-21(35)22-27(4)10-8-19(34)28(5)14-39-31(25(27)28,41-16(3)33)26(37)30(22,7)32-20(42-32)12-18(29(23,32)6)17-9-11-38-13-17/h8-11,13,15,18,20-23,25,35H,12,14H2,1-7H3/t18-,20+,21+,22?,23-,25+,27+,28-,29+,30-,31+,32+/m0/s1. The van der Waals surface area contributed by atoms with Crippen LogP contribution in [-0.4, -0.2) is 64.9 Å². The van der Waals surface area contributed by atoms with Crippen LogP contribution in [0.15, 0.2) is 35.2 Å². The van der Waals surface area contributed by atoms with Crippen molar-refractivity contribution in [2.75, 3.05) is 6.61 Å². The summed E-state index contributed by atoms with van der Waals surface area (Å²) in [6, 6.07) is 1.85. The van der Waals surface area contributed by atoms with Crippen LogP contribution in [0.25, 0.3) is 0 Å². The molecule has 0 amide bonds. The summed E-state index contributed by atoms with van der Waals surface area (Å²) in [7, 11) is 0. The third-order valence-electron chi connectivity index (χ3n) is 12.1. The maximum absolute atomic E-state index is 15.3. The van der Waals surface area contributed by atoms with Gasteiger partial charge in [-0.05, 0) is 38.0 Å². The van der Waals surface area contributed by atoms with E-state index in [9.17, 15) is 19.5 Å².